The molecule has 1 N–H and O–H groups in total. The van der Waals surface area contributed by atoms with Crippen LogP contribution in [0.25, 0.3) is 0 Å². The van der Waals surface area contributed by atoms with Crippen molar-refractivity contribution in [1.82, 2.24) is 10.2 Å². The number of carbonyl (C=O) groups is 2. The molecular formula is C14H16BrFN2O3. The van der Waals surface area contributed by atoms with Crippen molar-refractivity contribution in [3.05, 3.63) is 34.1 Å². The Hall–Kier alpha value is -1.47. The van der Waals surface area contributed by atoms with Gasteiger partial charge in [0.05, 0.1) is 18.8 Å². The quantitative estimate of drug-likeness (QED) is 0.888. The second-order valence-electron chi connectivity index (χ2n) is 4.60. The van der Waals surface area contributed by atoms with E-state index in [-0.39, 0.29) is 24.4 Å². The van der Waals surface area contributed by atoms with Gasteiger partial charge in [0, 0.05) is 30.5 Å². The summed E-state index contributed by atoms with van der Waals surface area (Å²) in [6.45, 7) is 2.41. The molecular weight excluding hydrogens is 343 g/mol. The topological polar surface area (TPSA) is 58.6 Å². The highest BCUT2D eigenvalue weighted by Gasteiger charge is 2.18. The highest BCUT2D eigenvalue weighted by molar-refractivity contribution is 9.10. The van der Waals surface area contributed by atoms with Gasteiger partial charge >= 0.3 is 0 Å². The Morgan fingerprint density at radius 3 is 2.71 bits per heavy atom. The first-order chi connectivity index (χ1) is 10.1. The average Bonchev–Trinajstić information content (AvgIpc) is 2.48. The lowest BCUT2D eigenvalue weighted by molar-refractivity contribution is -0.135. The van der Waals surface area contributed by atoms with Gasteiger partial charge < -0.3 is 15.0 Å². The SMILES string of the molecule is O=C(NCCC(=O)N1CCOCC1)c1c(F)cccc1Br. The zero-order valence-electron chi connectivity index (χ0n) is 11.4. The number of nitrogens with one attached hydrogen (secondary N) is 1. The van der Waals surface area contributed by atoms with E-state index in [1.807, 2.05) is 0 Å². The van der Waals surface area contributed by atoms with Gasteiger partial charge in [-0.3, -0.25) is 9.59 Å². The van der Waals surface area contributed by atoms with E-state index in [0.717, 1.165) is 0 Å². The number of rotatable bonds is 4. The molecule has 114 valence electrons. The summed E-state index contributed by atoms with van der Waals surface area (Å²) < 4.78 is 19.2. The van der Waals surface area contributed by atoms with Crippen molar-refractivity contribution in [3.8, 4) is 0 Å². The van der Waals surface area contributed by atoms with Crippen LogP contribution >= 0.6 is 15.9 Å². The van der Waals surface area contributed by atoms with Crippen LogP contribution in [0.3, 0.4) is 0 Å². The molecule has 1 aromatic rings. The van der Waals surface area contributed by atoms with Crippen LogP contribution in [0.15, 0.2) is 22.7 Å². The standard InChI is InChI=1S/C14H16BrFN2O3/c15-10-2-1-3-11(16)13(10)14(20)17-5-4-12(19)18-6-8-21-9-7-18/h1-3H,4-9H2,(H,17,20). The summed E-state index contributed by atoms with van der Waals surface area (Å²) >= 11 is 3.14. The van der Waals surface area contributed by atoms with E-state index in [0.29, 0.717) is 30.8 Å². The molecule has 0 atom stereocenters. The molecule has 0 spiro atoms. The number of halogens is 2. The number of carbonyl (C=O) groups excluding carboxylic acids is 2. The van der Waals surface area contributed by atoms with Crippen LogP contribution < -0.4 is 5.32 Å². The molecule has 1 fully saturated rings. The molecule has 1 heterocycles. The zero-order chi connectivity index (χ0) is 15.2. The summed E-state index contributed by atoms with van der Waals surface area (Å²) in [5, 5.41) is 2.56. The van der Waals surface area contributed by atoms with Crippen LogP contribution in [0.4, 0.5) is 4.39 Å². The van der Waals surface area contributed by atoms with Gasteiger partial charge in [-0.15, -0.1) is 0 Å². The lowest BCUT2D eigenvalue weighted by Gasteiger charge is -2.26. The van der Waals surface area contributed by atoms with Crippen LogP contribution in [0.5, 0.6) is 0 Å². The summed E-state index contributed by atoms with van der Waals surface area (Å²) in [4.78, 5) is 25.5. The Labute approximate surface area is 130 Å². The third kappa shape index (κ3) is 4.25. The summed E-state index contributed by atoms with van der Waals surface area (Å²) in [7, 11) is 0. The third-order valence-corrected chi connectivity index (χ3v) is 3.84. The van der Waals surface area contributed by atoms with Crippen molar-refractivity contribution >= 4 is 27.7 Å². The second-order valence-corrected chi connectivity index (χ2v) is 5.45. The number of benzene rings is 1. The monoisotopic (exact) mass is 358 g/mol. The largest absolute Gasteiger partial charge is 0.378 e. The Morgan fingerprint density at radius 2 is 2.05 bits per heavy atom. The first kappa shape index (κ1) is 15.9. The fraction of sp³-hybridized carbons (Fsp3) is 0.429. The minimum atomic E-state index is -0.596. The molecule has 1 aromatic carbocycles. The molecule has 0 bridgehead atoms. The number of nitrogens with zero attached hydrogens (tertiary/aromatic N) is 1. The van der Waals surface area contributed by atoms with Crippen molar-refractivity contribution in [2.75, 3.05) is 32.8 Å². The Bertz CT molecular complexity index is 513. The molecule has 21 heavy (non-hydrogen) atoms. The number of amides is 2. The lowest BCUT2D eigenvalue weighted by atomic mass is 10.2. The van der Waals surface area contributed by atoms with E-state index in [1.165, 1.54) is 12.1 Å². The molecule has 5 nitrogen and oxygen atoms in total. The second kappa shape index (κ2) is 7.51. The van der Waals surface area contributed by atoms with Crippen LogP contribution in [-0.4, -0.2) is 49.6 Å². The summed E-state index contributed by atoms with van der Waals surface area (Å²) in [5.41, 5.74) is -0.0451. The number of ether oxygens (including phenoxy) is 1. The maximum absolute atomic E-state index is 13.6. The molecule has 0 saturated carbocycles. The number of hydrogen-bond acceptors (Lipinski definition) is 3. The zero-order valence-corrected chi connectivity index (χ0v) is 13.0. The van der Waals surface area contributed by atoms with Gasteiger partial charge in [-0.2, -0.15) is 0 Å². The van der Waals surface area contributed by atoms with Crippen molar-refractivity contribution in [1.29, 1.82) is 0 Å². The van der Waals surface area contributed by atoms with Crippen molar-refractivity contribution in [3.63, 3.8) is 0 Å². The maximum atomic E-state index is 13.6. The fourth-order valence-corrected chi connectivity index (χ4v) is 2.58. The van der Waals surface area contributed by atoms with Crippen molar-refractivity contribution < 1.29 is 18.7 Å². The van der Waals surface area contributed by atoms with Crippen molar-refractivity contribution in [2.24, 2.45) is 0 Å². The Morgan fingerprint density at radius 1 is 1.33 bits per heavy atom. The smallest absolute Gasteiger partial charge is 0.255 e. The molecule has 1 saturated heterocycles. The van der Waals surface area contributed by atoms with Gasteiger partial charge in [-0.25, -0.2) is 4.39 Å². The fourth-order valence-electron chi connectivity index (χ4n) is 2.06. The molecule has 0 radical (unpaired) electrons. The summed E-state index contributed by atoms with van der Waals surface area (Å²) in [5.74, 6) is -1.16. The molecule has 0 unspecified atom stereocenters. The van der Waals surface area contributed by atoms with Crippen LogP contribution in [0.1, 0.15) is 16.8 Å². The maximum Gasteiger partial charge on any atom is 0.255 e. The Balaban J connectivity index is 1.83. The van der Waals surface area contributed by atoms with E-state index >= 15 is 0 Å². The van der Waals surface area contributed by atoms with Gasteiger partial charge in [0.1, 0.15) is 5.82 Å². The van der Waals surface area contributed by atoms with Gasteiger partial charge in [-0.1, -0.05) is 6.07 Å². The van der Waals surface area contributed by atoms with Gasteiger partial charge in [-0.05, 0) is 28.1 Å². The normalized spacial score (nSPS) is 14.9. The molecule has 0 aliphatic carbocycles. The highest BCUT2D eigenvalue weighted by atomic mass is 79.9. The first-order valence-corrected chi connectivity index (χ1v) is 7.46. The lowest BCUT2D eigenvalue weighted by Crippen LogP contribution is -2.42. The predicted octanol–water partition coefficient (Wildman–Crippen LogP) is 1.57. The number of hydrogen-bond donors (Lipinski definition) is 1. The van der Waals surface area contributed by atoms with E-state index < -0.39 is 11.7 Å². The molecule has 1 aliphatic heterocycles. The van der Waals surface area contributed by atoms with Crippen LogP contribution in [0, 0.1) is 5.82 Å². The predicted molar refractivity (Wildman–Crippen MR) is 78.4 cm³/mol. The molecule has 0 aromatic heterocycles. The summed E-state index contributed by atoms with van der Waals surface area (Å²) in [6.07, 6.45) is 0.192. The molecule has 2 amide bonds. The first-order valence-electron chi connectivity index (χ1n) is 6.67. The highest BCUT2D eigenvalue weighted by Crippen LogP contribution is 2.19. The molecule has 7 heteroatoms. The van der Waals surface area contributed by atoms with E-state index in [4.69, 9.17) is 4.74 Å². The van der Waals surface area contributed by atoms with E-state index in [1.54, 1.807) is 11.0 Å². The molecule has 1 aliphatic rings. The minimum Gasteiger partial charge on any atom is -0.378 e. The summed E-state index contributed by atoms with van der Waals surface area (Å²) in [6, 6.07) is 4.33. The van der Waals surface area contributed by atoms with Gasteiger partial charge in [0.2, 0.25) is 5.91 Å². The average molecular weight is 359 g/mol. The van der Waals surface area contributed by atoms with E-state index in [9.17, 15) is 14.0 Å². The molecule has 2 rings (SSSR count). The Kier molecular flexibility index (Phi) is 5.69. The van der Waals surface area contributed by atoms with Crippen LogP contribution in [0.2, 0.25) is 0 Å². The van der Waals surface area contributed by atoms with E-state index in [2.05, 4.69) is 21.2 Å². The number of morpholine rings is 1. The van der Waals surface area contributed by atoms with Crippen molar-refractivity contribution in [2.45, 2.75) is 6.42 Å². The van der Waals surface area contributed by atoms with Gasteiger partial charge in [0.15, 0.2) is 0 Å². The third-order valence-electron chi connectivity index (χ3n) is 3.18. The van der Waals surface area contributed by atoms with Crippen LogP contribution in [-0.2, 0) is 9.53 Å². The minimum absolute atomic E-state index is 0.0359. The van der Waals surface area contributed by atoms with Gasteiger partial charge in [0.25, 0.3) is 5.91 Å².